The first-order valence-corrected chi connectivity index (χ1v) is 7.20. The first-order chi connectivity index (χ1) is 10.6. The van der Waals surface area contributed by atoms with E-state index in [0.29, 0.717) is 36.7 Å². The van der Waals surface area contributed by atoms with Gasteiger partial charge in [0.1, 0.15) is 18.0 Å². The minimum Gasteiger partial charge on any atom is -0.478 e. The number of methoxy groups -OCH3 is 1. The van der Waals surface area contributed by atoms with Crippen molar-refractivity contribution in [2.75, 3.05) is 37.4 Å². The van der Waals surface area contributed by atoms with Gasteiger partial charge in [-0.05, 0) is 18.6 Å². The fourth-order valence-corrected chi connectivity index (χ4v) is 2.32. The van der Waals surface area contributed by atoms with E-state index in [1.165, 1.54) is 4.90 Å². The second kappa shape index (κ2) is 7.13. The van der Waals surface area contributed by atoms with E-state index < -0.39 is 6.10 Å². The van der Waals surface area contributed by atoms with Crippen LogP contribution in [0.4, 0.5) is 11.4 Å². The highest BCUT2D eigenvalue weighted by atomic mass is 16.5. The summed E-state index contributed by atoms with van der Waals surface area (Å²) in [6, 6.07) is 5.18. The molecule has 0 aliphatic carbocycles. The van der Waals surface area contributed by atoms with Gasteiger partial charge in [-0.1, -0.05) is 13.0 Å². The Balaban J connectivity index is 2.21. The fraction of sp³-hybridized carbons (Fsp3) is 0.467. The molecule has 1 aromatic rings. The molecule has 0 spiro atoms. The van der Waals surface area contributed by atoms with E-state index in [2.05, 4.69) is 5.32 Å². The summed E-state index contributed by atoms with van der Waals surface area (Å²) in [6.07, 6.45) is -0.0735. The van der Waals surface area contributed by atoms with Gasteiger partial charge in [0.05, 0.1) is 12.3 Å². The maximum absolute atomic E-state index is 12.5. The molecule has 0 fully saturated rings. The molecule has 1 atom stereocenters. The predicted octanol–water partition coefficient (Wildman–Crippen LogP) is 0.535. The molecular weight excluding hydrogens is 286 g/mol. The number of para-hydroxylation sites is 1. The van der Waals surface area contributed by atoms with Crippen LogP contribution in [0.2, 0.25) is 0 Å². The summed E-state index contributed by atoms with van der Waals surface area (Å²) < 4.78 is 10.5. The van der Waals surface area contributed by atoms with Crippen molar-refractivity contribution in [3.05, 3.63) is 18.2 Å². The standard InChI is InChI=1S/C15H21N3O4/c1-3-11-15(20)18(9-13(19)17-7-8-21-2)14-10(16)5-4-6-12(14)22-11/h4-6,11H,3,7-9,16H2,1-2H3,(H,17,19). The van der Waals surface area contributed by atoms with Crippen LogP contribution in [-0.4, -0.2) is 44.7 Å². The molecule has 1 unspecified atom stereocenters. The van der Waals surface area contributed by atoms with Crippen molar-refractivity contribution in [3.63, 3.8) is 0 Å². The zero-order chi connectivity index (χ0) is 16.1. The van der Waals surface area contributed by atoms with Crippen molar-refractivity contribution in [2.45, 2.75) is 19.4 Å². The number of amides is 2. The van der Waals surface area contributed by atoms with Gasteiger partial charge < -0.3 is 20.5 Å². The molecule has 22 heavy (non-hydrogen) atoms. The lowest BCUT2D eigenvalue weighted by atomic mass is 10.1. The third-order valence-electron chi connectivity index (χ3n) is 3.41. The van der Waals surface area contributed by atoms with Gasteiger partial charge >= 0.3 is 0 Å². The number of benzene rings is 1. The Morgan fingerprint density at radius 2 is 2.27 bits per heavy atom. The third kappa shape index (κ3) is 3.30. The van der Waals surface area contributed by atoms with E-state index in [9.17, 15) is 9.59 Å². The number of ether oxygens (including phenoxy) is 2. The van der Waals surface area contributed by atoms with Crippen LogP contribution in [0.1, 0.15) is 13.3 Å². The van der Waals surface area contributed by atoms with Gasteiger partial charge in [-0.15, -0.1) is 0 Å². The van der Waals surface area contributed by atoms with E-state index in [1.54, 1.807) is 25.3 Å². The molecule has 3 N–H and O–H groups in total. The van der Waals surface area contributed by atoms with Crippen molar-refractivity contribution in [2.24, 2.45) is 0 Å². The van der Waals surface area contributed by atoms with Crippen molar-refractivity contribution < 1.29 is 19.1 Å². The zero-order valence-corrected chi connectivity index (χ0v) is 12.8. The number of anilines is 2. The van der Waals surface area contributed by atoms with Crippen LogP contribution < -0.4 is 20.7 Å². The molecule has 7 nitrogen and oxygen atoms in total. The van der Waals surface area contributed by atoms with Gasteiger partial charge in [0.25, 0.3) is 5.91 Å². The maximum Gasteiger partial charge on any atom is 0.268 e. The normalized spacial score (nSPS) is 16.9. The minimum absolute atomic E-state index is 0.0936. The lowest BCUT2D eigenvalue weighted by molar-refractivity contribution is -0.129. The lowest BCUT2D eigenvalue weighted by Gasteiger charge is -2.34. The van der Waals surface area contributed by atoms with Gasteiger partial charge in [0.2, 0.25) is 5.91 Å². The van der Waals surface area contributed by atoms with Crippen LogP contribution in [0.15, 0.2) is 18.2 Å². The summed E-state index contributed by atoms with van der Waals surface area (Å²) in [5.41, 5.74) is 6.82. The highest BCUT2D eigenvalue weighted by molar-refractivity contribution is 6.06. The Bertz CT molecular complexity index is 562. The molecule has 0 bridgehead atoms. The van der Waals surface area contributed by atoms with E-state index in [4.69, 9.17) is 15.2 Å². The van der Waals surface area contributed by atoms with Crippen LogP contribution in [0, 0.1) is 0 Å². The van der Waals surface area contributed by atoms with Crippen molar-refractivity contribution in [1.29, 1.82) is 0 Å². The van der Waals surface area contributed by atoms with E-state index in [0.717, 1.165) is 0 Å². The van der Waals surface area contributed by atoms with Gasteiger partial charge in [-0.3, -0.25) is 14.5 Å². The minimum atomic E-state index is -0.596. The number of nitrogens with zero attached hydrogens (tertiary/aromatic N) is 1. The molecule has 2 rings (SSSR count). The van der Waals surface area contributed by atoms with Gasteiger partial charge in [0, 0.05) is 13.7 Å². The molecule has 1 aromatic carbocycles. The molecule has 0 aromatic heterocycles. The topological polar surface area (TPSA) is 93.9 Å². The molecule has 2 amide bonds. The van der Waals surface area contributed by atoms with E-state index in [1.807, 2.05) is 6.92 Å². The number of nitrogen functional groups attached to an aromatic ring is 1. The van der Waals surface area contributed by atoms with Gasteiger partial charge in [0.15, 0.2) is 6.10 Å². The summed E-state index contributed by atoms with van der Waals surface area (Å²) in [5.74, 6) is 0.00212. The monoisotopic (exact) mass is 307 g/mol. The Morgan fingerprint density at radius 3 is 2.95 bits per heavy atom. The fourth-order valence-electron chi connectivity index (χ4n) is 2.32. The average Bonchev–Trinajstić information content (AvgIpc) is 2.50. The molecule has 7 heteroatoms. The highest BCUT2D eigenvalue weighted by Gasteiger charge is 2.35. The van der Waals surface area contributed by atoms with Gasteiger partial charge in [-0.25, -0.2) is 0 Å². The van der Waals surface area contributed by atoms with Crippen LogP contribution >= 0.6 is 0 Å². The van der Waals surface area contributed by atoms with E-state index >= 15 is 0 Å². The number of hydrogen-bond acceptors (Lipinski definition) is 5. The quantitative estimate of drug-likeness (QED) is 0.591. The molecule has 120 valence electrons. The molecule has 1 aliphatic rings. The lowest BCUT2D eigenvalue weighted by Crippen LogP contribution is -2.50. The zero-order valence-electron chi connectivity index (χ0n) is 12.8. The summed E-state index contributed by atoms with van der Waals surface area (Å²) >= 11 is 0. The molecule has 0 saturated heterocycles. The summed E-state index contributed by atoms with van der Waals surface area (Å²) in [7, 11) is 1.56. The number of rotatable bonds is 6. The Kier molecular flexibility index (Phi) is 5.21. The largest absolute Gasteiger partial charge is 0.478 e. The SMILES string of the molecule is CCC1Oc2cccc(N)c2N(CC(=O)NCCOC)C1=O. The van der Waals surface area contributed by atoms with Crippen LogP contribution in [0.5, 0.6) is 5.75 Å². The summed E-state index contributed by atoms with van der Waals surface area (Å²) in [6.45, 7) is 2.57. The van der Waals surface area contributed by atoms with Crippen LogP contribution in [-0.2, 0) is 14.3 Å². The molecule has 1 aliphatic heterocycles. The van der Waals surface area contributed by atoms with Crippen LogP contribution in [0.25, 0.3) is 0 Å². The van der Waals surface area contributed by atoms with Crippen LogP contribution in [0.3, 0.4) is 0 Å². The Hall–Kier alpha value is -2.28. The first-order valence-electron chi connectivity index (χ1n) is 7.20. The molecule has 1 heterocycles. The number of hydrogen-bond donors (Lipinski definition) is 2. The van der Waals surface area contributed by atoms with Crippen molar-refractivity contribution in [3.8, 4) is 5.75 Å². The number of nitrogens with two attached hydrogens (primary N) is 1. The van der Waals surface area contributed by atoms with Crippen molar-refractivity contribution >= 4 is 23.2 Å². The smallest absolute Gasteiger partial charge is 0.268 e. The first kappa shape index (κ1) is 16.1. The number of carbonyl (C=O) groups excluding carboxylic acids is 2. The maximum atomic E-state index is 12.5. The average molecular weight is 307 g/mol. The molecule has 0 saturated carbocycles. The number of fused-ring (bicyclic) bond motifs is 1. The summed E-state index contributed by atoms with van der Waals surface area (Å²) in [5, 5.41) is 2.70. The summed E-state index contributed by atoms with van der Waals surface area (Å²) in [4.78, 5) is 25.9. The van der Waals surface area contributed by atoms with Crippen molar-refractivity contribution in [1.82, 2.24) is 5.32 Å². The number of carbonyl (C=O) groups is 2. The third-order valence-corrected chi connectivity index (χ3v) is 3.41. The Labute approximate surface area is 129 Å². The van der Waals surface area contributed by atoms with Gasteiger partial charge in [-0.2, -0.15) is 0 Å². The van der Waals surface area contributed by atoms with E-state index in [-0.39, 0.29) is 18.4 Å². The number of nitrogens with one attached hydrogen (secondary N) is 1. The Morgan fingerprint density at radius 1 is 1.50 bits per heavy atom. The second-order valence-corrected chi connectivity index (χ2v) is 4.98. The highest BCUT2D eigenvalue weighted by Crippen LogP contribution is 2.39. The predicted molar refractivity (Wildman–Crippen MR) is 82.8 cm³/mol. The second-order valence-electron chi connectivity index (χ2n) is 4.98. The molecule has 0 radical (unpaired) electrons. The molecular formula is C15H21N3O4.